The summed E-state index contributed by atoms with van der Waals surface area (Å²) >= 11 is 1.57. The van der Waals surface area contributed by atoms with Crippen molar-refractivity contribution in [2.24, 2.45) is 0 Å². The molecule has 0 aromatic heterocycles. The van der Waals surface area contributed by atoms with Crippen LogP contribution in [0.3, 0.4) is 0 Å². The van der Waals surface area contributed by atoms with Crippen molar-refractivity contribution < 1.29 is 14.3 Å². The summed E-state index contributed by atoms with van der Waals surface area (Å²) < 4.78 is 10.5. The lowest BCUT2D eigenvalue weighted by Crippen LogP contribution is -2.25. The van der Waals surface area contributed by atoms with Crippen LogP contribution in [0.1, 0.15) is 32.4 Å². The van der Waals surface area contributed by atoms with Crippen LogP contribution < -0.4 is 10.1 Å². The minimum absolute atomic E-state index is 0.173. The van der Waals surface area contributed by atoms with E-state index < -0.39 is 5.60 Å². The van der Waals surface area contributed by atoms with Crippen molar-refractivity contribution in [2.45, 2.75) is 32.4 Å². The molecule has 1 unspecified atom stereocenters. The molecule has 1 atom stereocenters. The summed E-state index contributed by atoms with van der Waals surface area (Å²) in [7, 11) is 3.57. The SMILES string of the molecule is CNC(CSCC(=O)OC(C)(C)C)c1cccc(OC)c1. The molecule has 0 bridgehead atoms. The molecule has 0 spiro atoms. The number of hydrogen-bond donors (Lipinski definition) is 1. The van der Waals surface area contributed by atoms with E-state index in [0.717, 1.165) is 17.1 Å². The number of carbonyl (C=O) groups excluding carboxylic acids is 1. The van der Waals surface area contributed by atoms with Gasteiger partial charge in [0.15, 0.2) is 0 Å². The van der Waals surface area contributed by atoms with Crippen LogP contribution in [0.5, 0.6) is 5.75 Å². The Labute approximate surface area is 131 Å². The smallest absolute Gasteiger partial charge is 0.316 e. The maximum absolute atomic E-state index is 11.7. The Morgan fingerprint density at radius 3 is 2.67 bits per heavy atom. The quantitative estimate of drug-likeness (QED) is 0.784. The first-order valence-corrected chi connectivity index (χ1v) is 8.12. The summed E-state index contributed by atoms with van der Waals surface area (Å²) in [4.78, 5) is 11.7. The second-order valence-electron chi connectivity index (χ2n) is 5.72. The van der Waals surface area contributed by atoms with E-state index in [-0.39, 0.29) is 12.0 Å². The van der Waals surface area contributed by atoms with Crippen LogP contribution in [0.25, 0.3) is 0 Å². The predicted molar refractivity (Wildman–Crippen MR) is 88.0 cm³/mol. The molecule has 0 aliphatic carbocycles. The van der Waals surface area contributed by atoms with Gasteiger partial charge in [-0.3, -0.25) is 4.79 Å². The lowest BCUT2D eigenvalue weighted by molar-refractivity contribution is -0.151. The van der Waals surface area contributed by atoms with Crippen LogP contribution in [-0.2, 0) is 9.53 Å². The molecule has 4 nitrogen and oxygen atoms in total. The molecule has 5 heteroatoms. The Bertz CT molecular complexity index is 457. The van der Waals surface area contributed by atoms with Gasteiger partial charge in [0.25, 0.3) is 0 Å². The Hall–Kier alpha value is -1.20. The highest BCUT2D eigenvalue weighted by Gasteiger charge is 2.17. The first-order chi connectivity index (χ1) is 9.85. The zero-order valence-corrected chi connectivity index (χ0v) is 14.3. The fourth-order valence-electron chi connectivity index (χ4n) is 1.84. The second-order valence-corrected chi connectivity index (χ2v) is 6.75. The molecule has 1 aromatic carbocycles. The number of hydrogen-bond acceptors (Lipinski definition) is 5. The monoisotopic (exact) mass is 311 g/mol. The minimum atomic E-state index is -0.424. The third-order valence-electron chi connectivity index (χ3n) is 2.77. The van der Waals surface area contributed by atoms with E-state index in [4.69, 9.17) is 9.47 Å². The van der Waals surface area contributed by atoms with E-state index in [1.165, 1.54) is 0 Å². The fraction of sp³-hybridized carbons (Fsp3) is 0.562. The number of benzene rings is 1. The average molecular weight is 311 g/mol. The fourth-order valence-corrected chi connectivity index (χ4v) is 2.77. The number of ether oxygens (including phenoxy) is 2. The standard InChI is InChI=1S/C16H25NO3S/c1-16(2,3)20-15(18)11-21-10-14(17-4)12-7-6-8-13(9-12)19-5/h6-9,14,17H,10-11H2,1-5H3. The molecule has 21 heavy (non-hydrogen) atoms. The zero-order chi connectivity index (χ0) is 15.9. The summed E-state index contributed by atoms with van der Waals surface area (Å²) in [6, 6.07) is 8.13. The van der Waals surface area contributed by atoms with Crippen molar-refractivity contribution in [1.29, 1.82) is 0 Å². The Morgan fingerprint density at radius 2 is 2.10 bits per heavy atom. The predicted octanol–water partition coefficient (Wildman–Crippen LogP) is 3.03. The number of nitrogens with one attached hydrogen (secondary N) is 1. The molecule has 0 saturated carbocycles. The number of methoxy groups -OCH3 is 1. The highest BCUT2D eigenvalue weighted by atomic mass is 32.2. The van der Waals surface area contributed by atoms with Gasteiger partial charge in [0.2, 0.25) is 0 Å². The largest absolute Gasteiger partial charge is 0.497 e. The number of carbonyl (C=O) groups is 1. The first-order valence-electron chi connectivity index (χ1n) is 6.96. The van der Waals surface area contributed by atoms with Crippen LogP contribution >= 0.6 is 11.8 Å². The van der Waals surface area contributed by atoms with Crippen molar-refractivity contribution in [3.8, 4) is 5.75 Å². The zero-order valence-electron chi connectivity index (χ0n) is 13.4. The molecule has 0 radical (unpaired) electrons. The van der Waals surface area contributed by atoms with Crippen molar-refractivity contribution in [1.82, 2.24) is 5.32 Å². The highest BCUT2D eigenvalue weighted by molar-refractivity contribution is 7.99. The lowest BCUT2D eigenvalue weighted by atomic mass is 10.1. The molecule has 118 valence electrons. The van der Waals surface area contributed by atoms with E-state index in [1.54, 1.807) is 18.9 Å². The van der Waals surface area contributed by atoms with Crippen LogP contribution in [0.15, 0.2) is 24.3 Å². The maximum Gasteiger partial charge on any atom is 0.316 e. The molecule has 0 heterocycles. The lowest BCUT2D eigenvalue weighted by Gasteiger charge is -2.20. The molecule has 0 fully saturated rings. The van der Waals surface area contributed by atoms with Crippen molar-refractivity contribution >= 4 is 17.7 Å². The molecule has 0 aliphatic heterocycles. The van der Waals surface area contributed by atoms with Crippen molar-refractivity contribution in [3.63, 3.8) is 0 Å². The van der Waals surface area contributed by atoms with Gasteiger partial charge in [0.1, 0.15) is 11.4 Å². The van der Waals surface area contributed by atoms with Gasteiger partial charge in [-0.1, -0.05) is 12.1 Å². The van der Waals surface area contributed by atoms with E-state index in [0.29, 0.717) is 5.75 Å². The minimum Gasteiger partial charge on any atom is -0.497 e. The summed E-state index contributed by atoms with van der Waals surface area (Å²) in [6.07, 6.45) is 0. The Kier molecular flexibility index (Phi) is 7.05. The van der Waals surface area contributed by atoms with Gasteiger partial charge in [-0.25, -0.2) is 0 Å². The maximum atomic E-state index is 11.7. The normalized spacial score (nSPS) is 12.8. The van der Waals surface area contributed by atoms with Gasteiger partial charge < -0.3 is 14.8 Å². The first kappa shape index (κ1) is 17.9. The second kappa shape index (κ2) is 8.29. The van der Waals surface area contributed by atoms with Crippen LogP contribution in [0.4, 0.5) is 0 Å². The molecule has 1 aromatic rings. The van der Waals surface area contributed by atoms with Crippen molar-refractivity contribution in [2.75, 3.05) is 25.7 Å². The molecule has 0 aliphatic rings. The average Bonchev–Trinajstić information content (AvgIpc) is 2.41. The number of thioether (sulfide) groups is 1. The summed E-state index contributed by atoms with van der Waals surface area (Å²) in [6.45, 7) is 5.63. The van der Waals surface area contributed by atoms with Gasteiger partial charge in [0, 0.05) is 11.8 Å². The van der Waals surface area contributed by atoms with E-state index >= 15 is 0 Å². The van der Waals surface area contributed by atoms with Gasteiger partial charge in [-0.2, -0.15) is 0 Å². The molecule has 0 saturated heterocycles. The third kappa shape index (κ3) is 6.87. The molecular formula is C16H25NO3S. The molecule has 1 N–H and O–H groups in total. The van der Waals surface area contributed by atoms with Crippen molar-refractivity contribution in [3.05, 3.63) is 29.8 Å². The van der Waals surface area contributed by atoms with Gasteiger partial charge in [-0.15, -0.1) is 11.8 Å². The number of rotatable bonds is 7. The summed E-state index contributed by atoms with van der Waals surface area (Å²) in [5.41, 5.74) is 0.723. The Morgan fingerprint density at radius 1 is 1.38 bits per heavy atom. The molecule has 1 rings (SSSR count). The Balaban J connectivity index is 2.49. The van der Waals surface area contributed by atoms with E-state index in [1.807, 2.05) is 46.0 Å². The third-order valence-corrected chi connectivity index (χ3v) is 3.78. The molecular weight excluding hydrogens is 286 g/mol. The topological polar surface area (TPSA) is 47.6 Å². The van der Waals surface area contributed by atoms with Gasteiger partial charge in [0.05, 0.1) is 12.9 Å². The summed E-state index contributed by atoms with van der Waals surface area (Å²) in [5, 5.41) is 3.26. The highest BCUT2D eigenvalue weighted by Crippen LogP contribution is 2.22. The van der Waals surface area contributed by atoms with Gasteiger partial charge >= 0.3 is 5.97 Å². The summed E-state index contributed by atoms with van der Waals surface area (Å²) in [5.74, 6) is 1.82. The van der Waals surface area contributed by atoms with Crippen LogP contribution in [0, 0.1) is 0 Å². The van der Waals surface area contributed by atoms with Crippen LogP contribution in [-0.4, -0.2) is 37.2 Å². The van der Waals surface area contributed by atoms with E-state index in [9.17, 15) is 4.79 Å². The van der Waals surface area contributed by atoms with E-state index in [2.05, 4.69) is 11.4 Å². The van der Waals surface area contributed by atoms with Gasteiger partial charge in [-0.05, 0) is 45.5 Å². The molecule has 0 amide bonds. The van der Waals surface area contributed by atoms with Crippen LogP contribution in [0.2, 0.25) is 0 Å². The number of esters is 1.